The molecule has 0 radical (unpaired) electrons. The van der Waals surface area contributed by atoms with Crippen LogP contribution in [0.25, 0.3) is 127 Å². The van der Waals surface area contributed by atoms with Gasteiger partial charge in [0.2, 0.25) is 0 Å². The van der Waals surface area contributed by atoms with E-state index in [0.717, 1.165) is 77.6 Å². The number of para-hydroxylation sites is 2. The lowest BCUT2D eigenvalue weighted by Gasteiger charge is -2.21. The summed E-state index contributed by atoms with van der Waals surface area (Å²) in [5.41, 5.74) is 11.9. The van der Waals surface area contributed by atoms with Gasteiger partial charge in [0.05, 0.1) is 16.7 Å². The van der Waals surface area contributed by atoms with Crippen LogP contribution in [-0.2, 0) is 0 Å². The Bertz CT molecular complexity index is 3960. The molecular weight excluding hydrogens is 781 g/mol. The van der Waals surface area contributed by atoms with Crippen LogP contribution < -0.4 is 0 Å². The summed E-state index contributed by atoms with van der Waals surface area (Å²) in [5.74, 6) is 1.75. The standard InChI is InChI=1S/C59H36N4O/c1-3-17-38(18-4-1)48-34-44(58-60-57(39-19-5-2-6-20-39)61-59(62-58)47-26-15-29-54-55(47)46-25-12-14-28-53(46)64-54)35-49(43-31-30-37-16-7-8-21-40(37)32-43)56(48)63-51-27-13-11-24-45(51)50-33-41-22-9-10-23-42(41)36-52(50)63/h1-36H. The Labute approximate surface area is 368 Å². The number of hydrogen-bond donors (Lipinski definition) is 0. The highest BCUT2D eigenvalue weighted by Gasteiger charge is 2.24. The largest absolute Gasteiger partial charge is 0.456 e. The molecule has 0 saturated carbocycles. The number of hydrogen-bond acceptors (Lipinski definition) is 4. The molecule has 5 heteroatoms. The molecule has 3 heterocycles. The van der Waals surface area contributed by atoms with Crippen molar-refractivity contribution in [1.82, 2.24) is 19.5 Å². The molecule has 10 aromatic carbocycles. The molecular formula is C59H36N4O. The summed E-state index contributed by atoms with van der Waals surface area (Å²) in [5, 5.41) is 9.16. The summed E-state index contributed by atoms with van der Waals surface area (Å²) >= 11 is 0. The first kappa shape index (κ1) is 36.0. The van der Waals surface area contributed by atoms with Crippen LogP contribution in [-0.4, -0.2) is 19.5 Å². The van der Waals surface area contributed by atoms with Crippen molar-refractivity contribution in [3.63, 3.8) is 0 Å². The van der Waals surface area contributed by atoms with Crippen LogP contribution in [0.2, 0.25) is 0 Å². The predicted octanol–water partition coefficient (Wildman–Crippen LogP) is 15.5. The molecule has 0 unspecified atom stereocenters. The van der Waals surface area contributed by atoms with Crippen LogP contribution in [0, 0.1) is 0 Å². The minimum atomic E-state index is 0.577. The second-order valence-electron chi connectivity index (χ2n) is 16.4. The highest BCUT2D eigenvalue weighted by atomic mass is 16.3. The zero-order chi connectivity index (χ0) is 42.1. The summed E-state index contributed by atoms with van der Waals surface area (Å²) in [6, 6.07) is 77.2. The Kier molecular flexibility index (Phi) is 8.15. The SMILES string of the molecule is c1ccc(-c2nc(-c3cc(-c4ccccc4)c(-n4c5ccccc5c5cc6ccccc6cc54)c(-c4ccc5ccccc5c4)c3)nc(-c3cccc4oc5ccccc5c34)n2)cc1. The van der Waals surface area contributed by atoms with Gasteiger partial charge in [-0.2, -0.15) is 0 Å². The third-order valence-electron chi connectivity index (χ3n) is 12.6. The molecule has 0 atom stereocenters. The molecule has 13 aromatic rings. The summed E-state index contributed by atoms with van der Waals surface area (Å²) < 4.78 is 8.84. The van der Waals surface area contributed by atoms with Gasteiger partial charge >= 0.3 is 0 Å². The van der Waals surface area contributed by atoms with E-state index in [2.05, 4.69) is 174 Å². The monoisotopic (exact) mass is 816 g/mol. The Hall–Kier alpha value is -8.67. The number of rotatable bonds is 6. The normalized spacial score (nSPS) is 11.8. The molecule has 64 heavy (non-hydrogen) atoms. The molecule has 0 bridgehead atoms. The van der Waals surface area contributed by atoms with E-state index in [1.807, 2.05) is 48.5 Å². The van der Waals surface area contributed by atoms with Gasteiger partial charge in [-0.3, -0.25) is 0 Å². The van der Waals surface area contributed by atoms with Crippen molar-refractivity contribution in [2.45, 2.75) is 0 Å². The van der Waals surface area contributed by atoms with Gasteiger partial charge in [0.25, 0.3) is 0 Å². The fraction of sp³-hybridized carbons (Fsp3) is 0. The third-order valence-corrected chi connectivity index (χ3v) is 12.6. The van der Waals surface area contributed by atoms with E-state index >= 15 is 0 Å². The Morgan fingerprint density at radius 1 is 0.312 bits per heavy atom. The Morgan fingerprint density at radius 3 is 1.67 bits per heavy atom. The quantitative estimate of drug-likeness (QED) is 0.168. The van der Waals surface area contributed by atoms with Gasteiger partial charge in [-0.25, -0.2) is 15.0 Å². The summed E-state index contributed by atoms with van der Waals surface area (Å²) in [4.78, 5) is 15.9. The van der Waals surface area contributed by atoms with E-state index in [0.29, 0.717) is 17.5 Å². The van der Waals surface area contributed by atoms with Crippen LogP contribution in [0.15, 0.2) is 223 Å². The van der Waals surface area contributed by atoms with Crippen molar-refractivity contribution in [2.24, 2.45) is 0 Å². The maximum atomic E-state index is 6.36. The zero-order valence-electron chi connectivity index (χ0n) is 34.5. The van der Waals surface area contributed by atoms with Gasteiger partial charge in [-0.15, -0.1) is 0 Å². The fourth-order valence-corrected chi connectivity index (χ4v) is 9.62. The third kappa shape index (κ3) is 5.83. The molecule has 0 aliphatic rings. The Morgan fingerprint density at radius 2 is 0.891 bits per heavy atom. The van der Waals surface area contributed by atoms with Gasteiger partial charge in [-0.05, 0) is 81.2 Å². The van der Waals surface area contributed by atoms with E-state index in [-0.39, 0.29) is 0 Å². The first-order valence-corrected chi connectivity index (χ1v) is 21.6. The van der Waals surface area contributed by atoms with Crippen molar-refractivity contribution in [1.29, 1.82) is 0 Å². The van der Waals surface area contributed by atoms with Crippen molar-refractivity contribution in [3.05, 3.63) is 218 Å². The second kappa shape index (κ2) is 14.5. The molecule has 0 spiro atoms. The zero-order valence-corrected chi connectivity index (χ0v) is 34.5. The molecule has 0 fully saturated rings. The number of nitrogens with zero attached hydrogens (tertiary/aromatic N) is 4. The minimum Gasteiger partial charge on any atom is -0.456 e. The lowest BCUT2D eigenvalue weighted by Crippen LogP contribution is -2.04. The topological polar surface area (TPSA) is 56.7 Å². The maximum absolute atomic E-state index is 6.36. The number of benzene rings is 10. The van der Waals surface area contributed by atoms with E-state index < -0.39 is 0 Å². The maximum Gasteiger partial charge on any atom is 0.164 e. The summed E-state index contributed by atoms with van der Waals surface area (Å²) in [7, 11) is 0. The van der Waals surface area contributed by atoms with Crippen LogP contribution in [0.5, 0.6) is 0 Å². The van der Waals surface area contributed by atoms with E-state index in [1.165, 1.54) is 32.3 Å². The lowest BCUT2D eigenvalue weighted by atomic mass is 9.91. The predicted molar refractivity (Wildman–Crippen MR) is 264 cm³/mol. The van der Waals surface area contributed by atoms with Crippen LogP contribution in [0.1, 0.15) is 0 Å². The van der Waals surface area contributed by atoms with Crippen LogP contribution in [0.3, 0.4) is 0 Å². The molecule has 298 valence electrons. The van der Waals surface area contributed by atoms with Gasteiger partial charge in [0.1, 0.15) is 11.2 Å². The number of fused-ring (bicyclic) bond motifs is 8. The number of furan rings is 1. The molecule has 0 aliphatic carbocycles. The molecule has 3 aromatic heterocycles. The Balaban J connectivity index is 1.16. The molecule has 0 saturated heterocycles. The van der Waals surface area contributed by atoms with E-state index in [9.17, 15) is 0 Å². The smallest absolute Gasteiger partial charge is 0.164 e. The van der Waals surface area contributed by atoms with Gasteiger partial charge in [-0.1, -0.05) is 170 Å². The molecule has 5 nitrogen and oxygen atoms in total. The average Bonchev–Trinajstić information content (AvgIpc) is 3.91. The summed E-state index contributed by atoms with van der Waals surface area (Å²) in [6.45, 7) is 0. The van der Waals surface area contributed by atoms with Gasteiger partial charge < -0.3 is 8.98 Å². The van der Waals surface area contributed by atoms with Crippen molar-refractivity contribution in [3.8, 4) is 62.1 Å². The second-order valence-corrected chi connectivity index (χ2v) is 16.4. The lowest BCUT2D eigenvalue weighted by molar-refractivity contribution is 0.669. The van der Waals surface area contributed by atoms with Crippen molar-refractivity contribution in [2.75, 3.05) is 0 Å². The van der Waals surface area contributed by atoms with Crippen LogP contribution in [0.4, 0.5) is 0 Å². The van der Waals surface area contributed by atoms with Crippen molar-refractivity contribution < 1.29 is 4.42 Å². The van der Waals surface area contributed by atoms with Crippen LogP contribution >= 0.6 is 0 Å². The number of aromatic nitrogens is 4. The van der Waals surface area contributed by atoms with Gasteiger partial charge in [0, 0.05) is 49.4 Å². The summed E-state index contributed by atoms with van der Waals surface area (Å²) in [6.07, 6.45) is 0. The average molecular weight is 817 g/mol. The first-order valence-electron chi connectivity index (χ1n) is 21.6. The molecule has 0 N–H and O–H groups in total. The fourth-order valence-electron chi connectivity index (χ4n) is 9.62. The van der Waals surface area contributed by atoms with Crippen molar-refractivity contribution >= 4 is 65.3 Å². The molecule has 0 amide bonds. The molecule has 0 aliphatic heterocycles. The first-order chi connectivity index (χ1) is 31.7. The van der Waals surface area contributed by atoms with E-state index in [4.69, 9.17) is 19.4 Å². The van der Waals surface area contributed by atoms with Gasteiger partial charge in [0.15, 0.2) is 17.5 Å². The highest BCUT2D eigenvalue weighted by Crippen LogP contribution is 2.45. The van der Waals surface area contributed by atoms with E-state index in [1.54, 1.807) is 0 Å². The molecule has 13 rings (SSSR count). The minimum absolute atomic E-state index is 0.577. The highest BCUT2D eigenvalue weighted by molar-refractivity contribution is 6.15.